The monoisotopic (exact) mass is 383 g/mol. The Morgan fingerprint density at radius 2 is 2.00 bits per heavy atom. The van der Waals surface area contributed by atoms with Gasteiger partial charge in [-0.3, -0.25) is 9.69 Å². The van der Waals surface area contributed by atoms with Gasteiger partial charge in [0.1, 0.15) is 23.7 Å². The highest BCUT2D eigenvalue weighted by Crippen LogP contribution is 2.30. The van der Waals surface area contributed by atoms with Crippen LogP contribution in [0.4, 0.5) is 29.1 Å². The third-order valence-corrected chi connectivity index (χ3v) is 4.29. The van der Waals surface area contributed by atoms with Crippen molar-refractivity contribution in [2.45, 2.75) is 12.2 Å². The smallest absolute Gasteiger partial charge is 0.353 e. The van der Waals surface area contributed by atoms with E-state index in [0.717, 1.165) is 12.4 Å². The highest BCUT2D eigenvalue weighted by Gasteiger charge is 2.36. The molecule has 10 heteroatoms. The van der Waals surface area contributed by atoms with Crippen LogP contribution in [0.1, 0.15) is 5.69 Å². The SMILES string of the molecule is CN(CC(=O)Nc1ccccc1F)C1CN(c2cc(C(F)(F)F)ncn2)C1. The first kappa shape index (κ1) is 19.0. The molecule has 0 unspecified atom stereocenters. The highest BCUT2D eigenvalue weighted by molar-refractivity contribution is 5.92. The fraction of sp³-hybridized carbons (Fsp3) is 0.353. The average Bonchev–Trinajstić information content (AvgIpc) is 2.55. The normalized spacial score (nSPS) is 15.0. The Balaban J connectivity index is 1.52. The molecule has 1 N–H and O–H groups in total. The molecule has 2 heterocycles. The maximum Gasteiger partial charge on any atom is 0.433 e. The summed E-state index contributed by atoms with van der Waals surface area (Å²) in [5.41, 5.74) is -0.889. The third kappa shape index (κ3) is 4.51. The largest absolute Gasteiger partial charge is 0.433 e. The van der Waals surface area contributed by atoms with Gasteiger partial charge in [-0.1, -0.05) is 12.1 Å². The van der Waals surface area contributed by atoms with Gasteiger partial charge < -0.3 is 10.2 Å². The molecule has 0 saturated carbocycles. The van der Waals surface area contributed by atoms with E-state index in [2.05, 4.69) is 15.3 Å². The average molecular weight is 383 g/mol. The van der Waals surface area contributed by atoms with E-state index < -0.39 is 17.7 Å². The van der Waals surface area contributed by atoms with E-state index in [1.165, 1.54) is 18.2 Å². The van der Waals surface area contributed by atoms with Gasteiger partial charge in [-0.05, 0) is 19.2 Å². The van der Waals surface area contributed by atoms with Crippen molar-refractivity contribution in [1.29, 1.82) is 0 Å². The van der Waals surface area contributed by atoms with Gasteiger partial charge in [-0.15, -0.1) is 0 Å². The van der Waals surface area contributed by atoms with Crippen molar-refractivity contribution >= 4 is 17.4 Å². The van der Waals surface area contributed by atoms with Crippen LogP contribution >= 0.6 is 0 Å². The molecule has 1 fully saturated rings. The summed E-state index contributed by atoms with van der Waals surface area (Å²) in [5.74, 6) is -0.701. The van der Waals surface area contributed by atoms with Crippen molar-refractivity contribution < 1.29 is 22.4 Å². The van der Waals surface area contributed by atoms with Crippen molar-refractivity contribution in [3.05, 3.63) is 48.2 Å². The molecule has 144 valence electrons. The first-order chi connectivity index (χ1) is 12.7. The zero-order valence-corrected chi connectivity index (χ0v) is 14.4. The molecule has 1 aliphatic rings. The lowest BCUT2D eigenvalue weighted by molar-refractivity contribution is -0.141. The van der Waals surface area contributed by atoms with Crippen LogP contribution in [0.5, 0.6) is 0 Å². The van der Waals surface area contributed by atoms with Gasteiger partial charge in [0.15, 0.2) is 0 Å². The molecule has 0 aliphatic carbocycles. The van der Waals surface area contributed by atoms with Crippen molar-refractivity contribution in [2.24, 2.45) is 0 Å². The van der Waals surface area contributed by atoms with Crippen molar-refractivity contribution in [2.75, 3.05) is 36.9 Å². The predicted molar refractivity (Wildman–Crippen MR) is 90.7 cm³/mol. The van der Waals surface area contributed by atoms with Gasteiger partial charge in [0, 0.05) is 25.2 Å². The van der Waals surface area contributed by atoms with Crippen LogP contribution in [0.3, 0.4) is 0 Å². The molecule has 1 amide bonds. The number of hydrogen-bond donors (Lipinski definition) is 1. The molecule has 1 aromatic carbocycles. The molecular weight excluding hydrogens is 366 g/mol. The van der Waals surface area contributed by atoms with Crippen LogP contribution in [0.2, 0.25) is 0 Å². The fourth-order valence-corrected chi connectivity index (χ4v) is 2.70. The van der Waals surface area contributed by atoms with Gasteiger partial charge >= 0.3 is 6.18 Å². The van der Waals surface area contributed by atoms with Gasteiger partial charge in [-0.2, -0.15) is 13.2 Å². The van der Waals surface area contributed by atoms with E-state index >= 15 is 0 Å². The van der Waals surface area contributed by atoms with E-state index in [-0.39, 0.29) is 30.0 Å². The predicted octanol–water partition coefficient (Wildman–Crippen LogP) is 2.39. The first-order valence-corrected chi connectivity index (χ1v) is 8.13. The number of hydrogen-bond acceptors (Lipinski definition) is 5. The minimum atomic E-state index is -4.52. The quantitative estimate of drug-likeness (QED) is 0.804. The van der Waals surface area contributed by atoms with Crippen molar-refractivity contribution in [3.63, 3.8) is 0 Å². The lowest BCUT2D eigenvalue weighted by atomic mass is 10.1. The number of carbonyl (C=O) groups is 1. The topological polar surface area (TPSA) is 61.4 Å². The zero-order chi connectivity index (χ0) is 19.6. The van der Waals surface area contributed by atoms with Crippen molar-refractivity contribution in [3.8, 4) is 0 Å². The minimum Gasteiger partial charge on any atom is -0.353 e. The molecule has 1 aromatic heterocycles. The fourth-order valence-electron chi connectivity index (χ4n) is 2.70. The third-order valence-electron chi connectivity index (χ3n) is 4.29. The molecule has 1 aliphatic heterocycles. The number of nitrogens with zero attached hydrogens (tertiary/aromatic N) is 4. The van der Waals surface area contributed by atoms with Crippen LogP contribution in [0.25, 0.3) is 0 Å². The maximum absolute atomic E-state index is 13.6. The second-order valence-electron chi connectivity index (χ2n) is 6.26. The summed E-state index contributed by atoms with van der Waals surface area (Å²) in [5, 5.41) is 2.50. The second kappa shape index (κ2) is 7.47. The molecule has 1 saturated heterocycles. The molecule has 6 nitrogen and oxygen atoms in total. The lowest BCUT2D eigenvalue weighted by Crippen LogP contribution is -2.59. The summed E-state index contributed by atoms with van der Waals surface area (Å²) in [6.07, 6.45) is -3.64. The molecular formula is C17H17F4N5O. The van der Waals surface area contributed by atoms with Crippen LogP contribution in [-0.4, -0.2) is 53.5 Å². The number of aromatic nitrogens is 2. The van der Waals surface area contributed by atoms with E-state index in [0.29, 0.717) is 13.1 Å². The summed E-state index contributed by atoms with van der Waals surface area (Å²) in [6.45, 7) is 0.889. The molecule has 27 heavy (non-hydrogen) atoms. The van der Waals surface area contributed by atoms with Crippen LogP contribution in [-0.2, 0) is 11.0 Å². The molecule has 0 atom stereocenters. The molecule has 0 bridgehead atoms. The maximum atomic E-state index is 13.6. The summed E-state index contributed by atoms with van der Waals surface area (Å²) in [6, 6.07) is 6.73. The number of anilines is 2. The Morgan fingerprint density at radius 1 is 1.30 bits per heavy atom. The summed E-state index contributed by atoms with van der Waals surface area (Å²) >= 11 is 0. The Bertz CT molecular complexity index is 823. The van der Waals surface area contributed by atoms with Crippen molar-refractivity contribution in [1.82, 2.24) is 14.9 Å². The van der Waals surface area contributed by atoms with Gasteiger partial charge in [0.25, 0.3) is 0 Å². The Hall–Kier alpha value is -2.75. The number of rotatable bonds is 5. The van der Waals surface area contributed by atoms with Gasteiger partial charge in [-0.25, -0.2) is 14.4 Å². The van der Waals surface area contributed by atoms with Gasteiger partial charge in [0.2, 0.25) is 5.91 Å². The molecule has 3 rings (SSSR count). The van der Waals surface area contributed by atoms with E-state index in [4.69, 9.17) is 0 Å². The summed E-state index contributed by atoms with van der Waals surface area (Å²) in [7, 11) is 1.73. The number of amides is 1. The zero-order valence-electron chi connectivity index (χ0n) is 14.4. The number of nitrogens with one attached hydrogen (secondary N) is 1. The van der Waals surface area contributed by atoms with Crippen LogP contribution in [0.15, 0.2) is 36.7 Å². The molecule has 2 aromatic rings. The van der Waals surface area contributed by atoms with E-state index in [9.17, 15) is 22.4 Å². The van der Waals surface area contributed by atoms with E-state index in [1.54, 1.807) is 22.9 Å². The second-order valence-corrected chi connectivity index (χ2v) is 6.26. The van der Waals surface area contributed by atoms with Gasteiger partial charge in [0.05, 0.1) is 12.2 Å². The standard InChI is InChI=1S/C17H17F4N5O/c1-25(9-16(27)24-13-5-3-2-4-12(13)18)11-7-26(8-11)15-6-14(17(19,20)21)22-10-23-15/h2-6,10-11H,7-9H2,1H3,(H,24,27). The summed E-state index contributed by atoms with van der Waals surface area (Å²) in [4.78, 5) is 22.6. The number of benzene rings is 1. The number of alkyl halides is 3. The minimum absolute atomic E-state index is 0.0272. The van der Waals surface area contributed by atoms with Crippen LogP contribution < -0.4 is 10.2 Å². The number of likely N-dealkylation sites (N-methyl/N-ethyl adjacent to an activating group) is 1. The van der Waals surface area contributed by atoms with E-state index in [1.807, 2.05) is 0 Å². The molecule has 0 radical (unpaired) electrons. The Labute approximate surface area is 152 Å². The Kier molecular flexibility index (Phi) is 5.26. The highest BCUT2D eigenvalue weighted by atomic mass is 19.4. The Morgan fingerprint density at radius 3 is 2.67 bits per heavy atom. The number of carbonyl (C=O) groups excluding carboxylic acids is 1. The number of halogens is 4. The first-order valence-electron chi connectivity index (χ1n) is 8.13. The summed E-state index contributed by atoms with van der Waals surface area (Å²) < 4.78 is 51.7. The number of para-hydroxylation sites is 1. The lowest BCUT2D eigenvalue weighted by Gasteiger charge is -2.44. The molecule has 0 spiro atoms. The van der Waals surface area contributed by atoms with Crippen LogP contribution in [0, 0.1) is 5.82 Å².